The fraction of sp³-hybridized carbons (Fsp3) is 0.750. The summed E-state index contributed by atoms with van der Waals surface area (Å²) in [5.74, 6) is 3.30. The third-order valence-electron chi connectivity index (χ3n) is 8.85. The Balaban J connectivity index is 1.28. The Kier molecular flexibility index (Phi) is 7.42. The van der Waals surface area contributed by atoms with E-state index in [1.807, 2.05) is 26.8 Å². The predicted octanol–water partition coefficient (Wildman–Crippen LogP) is 3.59. The lowest BCUT2D eigenvalue weighted by molar-refractivity contribution is -0.128. The standard InChI is InChI=1S/C28H43N5O3/c1-4-11-36-26-23(25(34)32-24-20-13-18-12-19(15-20)16-21(24)14-18)17-30-33(26)10-7-28(2,3)27(35)31-22-5-8-29-9-6-22/h7,10,17-22,24,29H,4-6,8-9,11-16H2,1-3H3,(H,31,35)(H,32,34). The van der Waals surface area contributed by atoms with Crippen LogP contribution in [0.3, 0.4) is 0 Å². The Hall–Kier alpha value is -2.35. The molecule has 8 heteroatoms. The van der Waals surface area contributed by atoms with Crippen molar-refractivity contribution in [3.63, 3.8) is 0 Å². The SMILES string of the molecule is CCCOc1c(C(=O)NC2C3CC4CC(C3)CC2C4)cnn1C=CC(C)(C)C(=O)NC1CCNCC1. The van der Waals surface area contributed by atoms with Crippen molar-refractivity contribution in [2.75, 3.05) is 19.7 Å². The van der Waals surface area contributed by atoms with E-state index in [2.05, 4.69) is 21.0 Å². The van der Waals surface area contributed by atoms with E-state index in [9.17, 15) is 9.59 Å². The highest BCUT2D eigenvalue weighted by Crippen LogP contribution is 2.53. The molecule has 8 nitrogen and oxygen atoms in total. The first kappa shape index (κ1) is 25.3. The van der Waals surface area contributed by atoms with Crippen LogP contribution in [0.1, 0.15) is 82.5 Å². The Labute approximate surface area is 215 Å². The molecule has 36 heavy (non-hydrogen) atoms. The topological polar surface area (TPSA) is 97.3 Å². The molecule has 0 atom stereocenters. The fourth-order valence-electron chi connectivity index (χ4n) is 7.02. The first-order chi connectivity index (χ1) is 17.3. The van der Waals surface area contributed by atoms with Gasteiger partial charge in [0.2, 0.25) is 11.8 Å². The minimum Gasteiger partial charge on any atom is -0.477 e. The lowest BCUT2D eigenvalue weighted by atomic mass is 9.54. The van der Waals surface area contributed by atoms with Gasteiger partial charge in [0.1, 0.15) is 5.56 Å². The number of carbonyl (C=O) groups is 2. The number of carbonyl (C=O) groups excluding carboxylic acids is 2. The summed E-state index contributed by atoms with van der Waals surface area (Å²) >= 11 is 0. The fourth-order valence-corrected chi connectivity index (χ4v) is 7.02. The minimum absolute atomic E-state index is 0.00585. The number of amides is 2. The average Bonchev–Trinajstić information content (AvgIpc) is 3.26. The molecule has 6 rings (SSSR count). The molecule has 0 unspecified atom stereocenters. The summed E-state index contributed by atoms with van der Waals surface area (Å²) in [6.07, 6.45) is 14.3. The molecular weight excluding hydrogens is 454 g/mol. The molecule has 4 aliphatic carbocycles. The summed E-state index contributed by atoms with van der Waals surface area (Å²) in [5, 5.41) is 14.3. The van der Waals surface area contributed by atoms with E-state index < -0.39 is 5.41 Å². The van der Waals surface area contributed by atoms with E-state index in [4.69, 9.17) is 4.74 Å². The lowest BCUT2D eigenvalue weighted by Gasteiger charge is -2.54. The summed E-state index contributed by atoms with van der Waals surface area (Å²) in [6, 6.07) is 0.473. The van der Waals surface area contributed by atoms with Gasteiger partial charge in [-0.1, -0.05) is 13.0 Å². The zero-order valence-electron chi connectivity index (χ0n) is 22.1. The van der Waals surface area contributed by atoms with Gasteiger partial charge in [0, 0.05) is 18.3 Å². The molecule has 0 radical (unpaired) electrons. The van der Waals surface area contributed by atoms with Gasteiger partial charge < -0.3 is 20.7 Å². The van der Waals surface area contributed by atoms with Crippen LogP contribution in [-0.2, 0) is 4.79 Å². The maximum absolute atomic E-state index is 13.4. The van der Waals surface area contributed by atoms with Gasteiger partial charge in [-0.25, -0.2) is 4.68 Å². The highest BCUT2D eigenvalue weighted by molar-refractivity contribution is 5.96. The Morgan fingerprint density at radius 3 is 2.42 bits per heavy atom. The van der Waals surface area contributed by atoms with Crippen molar-refractivity contribution in [2.45, 2.75) is 84.2 Å². The van der Waals surface area contributed by atoms with Gasteiger partial charge in [0.25, 0.3) is 5.91 Å². The predicted molar refractivity (Wildman–Crippen MR) is 139 cm³/mol. The molecule has 0 spiro atoms. The molecule has 5 aliphatic rings. The van der Waals surface area contributed by atoms with E-state index in [-0.39, 0.29) is 23.9 Å². The number of piperidine rings is 1. The largest absolute Gasteiger partial charge is 0.477 e. The second-order valence-electron chi connectivity index (χ2n) is 12.1. The van der Waals surface area contributed by atoms with Gasteiger partial charge in [-0.15, -0.1) is 0 Å². The molecule has 4 saturated carbocycles. The quantitative estimate of drug-likeness (QED) is 0.484. The maximum atomic E-state index is 13.4. The summed E-state index contributed by atoms with van der Waals surface area (Å²) in [6.45, 7) is 8.20. The molecule has 4 bridgehead atoms. The monoisotopic (exact) mass is 497 g/mol. The second kappa shape index (κ2) is 10.6. The van der Waals surface area contributed by atoms with Gasteiger partial charge in [-0.2, -0.15) is 5.10 Å². The number of hydrogen-bond acceptors (Lipinski definition) is 5. The van der Waals surface area contributed by atoms with Crippen LogP contribution in [0.15, 0.2) is 12.3 Å². The second-order valence-corrected chi connectivity index (χ2v) is 12.1. The molecule has 1 aromatic rings. The molecule has 2 amide bonds. The van der Waals surface area contributed by atoms with Crippen LogP contribution in [0, 0.1) is 29.1 Å². The van der Waals surface area contributed by atoms with Crippen molar-refractivity contribution in [1.82, 2.24) is 25.7 Å². The van der Waals surface area contributed by atoms with Gasteiger partial charge >= 0.3 is 0 Å². The molecule has 5 fully saturated rings. The van der Waals surface area contributed by atoms with E-state index in [0.717, 1.165) is 44.2 Å². The van der Waals surface area contributed by atoms with Crippen LogP contribution in [0.5, 0.6) is 5.88 Å². The van der Waals surface area contributed by atoms with Crippen molar-refractivity contribution >= 4 is 18.0 Å². The number of nitrogens with zero attached hydrogens (tertiary/aromatic N) is 2. The van der Waals surface area contributed by atoms with E-state index in [1.165, 1.54) is 32.1 Å². The average molecular weight is 498 g/mol. The Morgan fingerprint density at radius 2 is 1.78 bits per heavy atom. The highest BCUT2D eigenvalue weighted by Gasteiger charge is 2.48. The van der Waals surface area contributed by atoms with Crippen molar-refractivity contribution in [3.05, 3.63) is 17.8 Å². The lowest BCUT2D eigenvalue weighted by Crippen LogP contribution is -2.55. The molecule has 1 aliphatic heterocycles. The van der Waals surface area contributed by atoms with Crippen molar-refractivity contribution in [1.29, 1.82) is 0 Å². The van der Waals surface area contributed by atoms with Gasteiger partial charge in [-0.05, 0) is 102 Å². The number of aromatic nitrogens is 2. The zero-order valence-corrected chi connectivity index (χ0v) is 22.1. The molecule has 1 saturated heterocycles. The van der Waals surface area contributed by atoms with Crippen LogP contribution >= 0.6 is 0 Å². The first-order valence-electron chi connectivity index (χ1n) is 14.1. The van der Waals surface area contributed by atoms with Crippen LogP contribution in [0.2, 0.25) is 0 Å². The Morgan fingerprint density at radius 1 is 1.11 bits per heavy atom. The molecule has 2 heterocycles. The molecular formula is C28H43N5O3. The Bertz CT molecular complexity index is 950. The zero-order chi connectivity index (χ0) is 25.3. The molecule has 198 valence electrons. The first-order valence-corrected chi connectivity index (χ1v) is 14.1. The number of hydrogen-bond donors (Lipinski definition) is 3. The van der Waals surface area contributed by atoms with Crippen LogP contribution in [0.25, 0.3) is 6.20 Å². The van der Waals surface area contributed by atoms with Gasteiger partial charge in [0.15, 0.2) is 0 Å². The third-order valence-corrected chi connectivity index (χ3v) is 8.85. The molecule has 1 aromatic heterocycles. The van der Waals surface area contributed by atoms with Crippen LogP contribution < -0.4 is 20.7 Å². The number of ether oxygens (including phenoxy) is 1. The maximum Gasteiger partial charge on any atom is 0.258 e. The van der Waals surface area contributed by atoms with Crippen LogP contribution in [-0.4, -0.2) is 53.4 Å². The highest BCUT2D eigenvalue weighted by atomic mass is 16.5. The smallest absolute Gasteiger partial charge is 0.258 e. The number of rotatable bonds is 9. The molecule has 0 aromatic carbocycles. The van der Waals surface area contributed by atoms with E-state index in [1.54, 1.807) is 17.1 Å². The summed E-state index contributed by atoms with van der Waals surface area (Å²) in [4.78, 5) is 26.4. The van der Waals surface area contributed by atoms with Crippen molar-refractivity contribution < 1.29 is 14.3 Å². The van der Waals surface area contributed by atoms with Gasteiger partial charge in [-0.3, -0.25) is 9.59 Å². The summed E-state index contributed by atoms with van der Waals surface area (Å²) in [5.41, 5.74) is -0.249. The van der Waals surface area contributed by atoms with Crippen molar-refractivity contribution in [2.24, 2.45) is 29.1 Å². The summed E-state index contributed by atoms with van der Waals surface area (Å²) < 4.78 is 7.61. The number of nitrogens with one attached hydrogen (secondary N) is 3. The van der Waals surface area contributed by atoms with E-state index in [0.29, 0.717) is 29.9 Å². The normalized spacial score (nSPS) is 30.0. The molecule has 3 N–H and O–H groups in total. The third kappa shape index (κ3) is 5.34. The van der Waals surface area contributed by atoms with Crippen molar-refractivity contribution in [3.8, 4) is 5.88 Å². The minimum atomic E-state index is -0.721. The van der Waals surface area contributed by atoms with Gasteiger partial charge in [0.05, 0.1) is 18.2 Å². The van der Waals surface area contributed by atoms with Crippen LogP contribution in [0.4, 0.5) is 0 Å². The van der Waals surface area contributed by atoms with E-state index >= 15 is 0 Å². The summed E-state index contributed by atoms with van der Waals surface area (Å²) in [7, 11) is 0.